The highest BCUT2D eigenvalue weighted by molar-refractivity contribution is 6.52. The van der Waals surface area contributed by atoms with Crippen molar-refractivity contribution < 1.29 is 18.4 Å². The molecule has 0 spiro atoms. The molecule has 1 aliphatic heterocycles. The van der Waals surface area contributed by atoms with Gasteiger partial charge in [-0.05, 0) is 24.3 Å². The van der Waals surface area contributed by atoms with Gasteiger partial charge in [0.1, 0.15) is 11.6 Å². The van der Waals surface area contributed by atoms with Gasteiger partial charge >= 0.3 is 0 Å². The number of nitrogens with zero attached hydrogens (tertiary/aromatic N) is 1. The minimum atomic E-state index is -0.772. The molecule has 0 radical (unpaired) electrons. The molecule has 2 aromatic rings. The van der Waals surface area contributed by atoms with Crippen LogP contribution in [-0.4, -0.2) is 11.7 Å². The Morgan fingerprint density at radius 2 is 1.81 bits per heavy atom. The Hall–Kier alpha value is -2.27. The zero-order valence-electron chi connectivity index (χ0n) is 10.6. The summed E-state index contributed by atoms with van der Waals surface area (Å²) in [7, 11) is 0. The topological polar surface area (TPSA) is 37.4 Å². The lowest BCUT2D eigenvalue weighted by Crippen LogP contribution is -2.29. The third kappa shape index (κ3) is 2.29. The molecule has 106 valence electrons. The quantitative estimate of drug-likeness (QED) is 0.798. The van der Waals surface area contributed by atoms with Crippen molar-refractivity contribution >= 4 is 29.0 Å². The monoisotopic (exact) mass is 307 g/mol. The van der Waals surface area contributed by atoms with Crippen LogP contribution < -0.4 is 4.90 Å². The third-order valence-corrected chi connectivity index (χ3v) is 3.51. The van der Waals surface area contributed by atoms with E-state index in [1.165, 1.54) is 24.3 Å². The fourth-order valence-corrected chi connectivity index (χ4v) is 2.41. The predicted molar refractivity (Wildman–Crippen MR) is 73.3 cm³/mol. The van der Waals surface area contributed by atoms with E-state index in [9.17, 15) is 18.4 Å². The summed E-state index contributed by atoms with van der Waals surface area (Å²) >= 11 is 5.87. The summed E-state index contributed by atoms with van der Waals surface area (Å²) < 4.78 is 26.6. The minimum Gasteiger partial charge on any atom is -0.300 e. The van der Waals surface area contributed by atoms with E-state index in [2.05, 4.69) is 0 Å². The number of carbonyl (C=O) groups excluding carboxylic acids is 2. The Balaban J connectivity index is 2.02. The van der Waals surface area contributed by atoms with Gasteiger partial charge in [0.2, 0.25) is 0 Å². The number of halogens is 3. The Kier molecular flexibility index (Phi) is 3.22. The summed E-state index contributed by atoms with van der Waals surface area (Å²) in [4.78, 5) is 25.0. The molecular formula is C15H8ClF2NO2. The van der Waals surface area contributed by atoms with E-state index < -0.39 is 23.3 Å². The van der Waals surface area contributed by atoms with Gasteiger partial charge in [0.25, 0.3) is 11.7 Å². The van der Waals surface area contributed by atoms with E-state index in [4.69, 9.17) is 11.6 Å². The number of ketones is 1. The number of fused-ring (bicyclic) bond motifs is 1. The van der Waals surface area contributed by atoms with Crippen LogP contribution in [0.25, 0.3) is 0 Å². The van der Waals surface area contributed by atoms with Gasteiger partial charge in [0.05, 0.1) is 17.8 Å². The minimum absolute atomic E-state index is 0.116. The van der Waals surface area contributed by atoms with Crippen LogP contribution in [0.3, 0.4) is 0 Å². The highest BCUT2D eigenvalue weighted by Gasteiger charge is 2.36. The first kappa shape index (κ1) is 13.7. The molecule has 0 atom stereocenters. The van der Waals surface area contributed by atoms with Crippen LogP contribution in [0.4, 0.5) is 14.5 Å². The number of hydrogen-bond donors (Lipinski definition) is 0. The van der Waals surface area contributed by atoms with Gasteiger partial charge in [-0.15, -0.1) is 0 Å². The molecule has 0 fully saturated rings. The molecule has 0 saturated carbocycles. The summed E-state index contributed by atoms with van der Waals surface area (Å²) in [5, 5.41) is 0.362. The van der Waals surface area contributed by atoms with Crippen LogP contribution in [-0.2, 0) is 11.3 Å². The SMILES string of the molecule is O=C1C(=O)N(Cc2ccc(F)cc2F)c2cc(Cl)ccc21. The van der Waals surface area contributed by atoms with Crippen molar-refractivity contribution in [2.75, 3.05) is 4.90 Å². The number of hydrogen-bond acceptors (Lipinski definition) is 2. The Morgan fingerprint density at radius 3 is 2.52 bits per heavy atom. The lowest BCUT2D eigenvalue weighted by atomic mass is 10.1. The van der Waals surface area contributed by atoms with Crippen molar-refractivity contribution in [1.82, 2.24) is 0 Å². The summed E-state index contributed by atoms with van der Waals surface area (Å²) in [6.07, 6.45) is 0. The average Bonchev–Trinajstić information content (AvgIpc) is 2.66. The maximum Gasteiger partial charge on any atom is 0.299 e. The fourth-order valence-electron chi connectivity index (χ4n) is 2.24. The molecule has 3 nitrogen and oxygen atoms in total. The maximum atomic E-state index is 13.7. The van der Waals surface area contributed by atoms with Gasteiger partial charge in [0.15, 0.2) is 0 Å². The molecule has 6 heteroatoms. The van der Waals surface area contributed by atoms with Crippen LogP contribution in [0.5, 0.6) is 0 Å². The van der Waals surface area contributed by atoms with Crippen LogP contribution >= 0.6 is 11.6 Å². The number of Topliss-reactive ketones (excluding diaryl/α,β-unsaturated/α-hetero) is 1. The van der Waals surface area contributed by atoms with Gasteiger partial charge in [-0.1, -0.05) is 17.7 Å². The summed E-state index contributed by atoms with van der Waals surface area (Å²) in [5.74, 6) is -2.89. The first-order valence-corrected chi connectivity index (χ1v) is 6.45. The van der Waals surface area contributed by atoms with E-state index in [1.54, 1.807) is 0 Å². The van der Waals surface area contributed by atoms with Gasteiger partial charge in [-0.2, -0.15) is 0 Å². The molecule has 0 saturated heterocycles. The number of anilines is 1. The summed E-state index contributed by atoms with van der Waals surface area (Å²) in [5.41, 5.74) is 0.679. The summed E-state index contributed by atoms with van der Waals surface area (Å²) in [6.45, 7) is -0.163. The van der Waals surface area contributed by atoms with E-state index in [0.717, 1.165) is 17.0 Å². The molecule has 0 aliphatic carbocycles. The Bertz CT molecular complexity index is 776. The van der Waals surface area contributed by atoms with Crippen LogP contribution in [0.2, 0.25) is 5.02 Å². The molecule has 0 unspecified atom stereocenters. The summed E-state index contributed by atoms with van der Waals surface area (Å²) in [6, 6.07) is 7.51. The molecule has 3 rings (SSSR count). The normalized spacial score (nSPS) is 13.8. The molecule has 0 N–H and O–H groups in total. The Labute approximate surface area is 123 Å². The van der Waals surface area contributed by atoms with E-state index in [-0.39, 0.29) is 17.7 Å². The van der Waals surface area contributed by atoms with E-state index >= 15 is 0 Å². The highest BCUT2D eigenvalue weighted by atomic mass is 35.5. The number of carbonyl (C=O) groups is 2. The zero-order valence-corrected chi connectivity index (χ0v) is 11.3. The van der Waals surface area contributed by atoms with Crippen molar-refractivity contribution in [2.24, 2.45) is 0 Å². The fraction of sp³-hybridized carbons (Fsp3) is 0.0667. The molecule has 21 heavy (non-hydrogen) atoms. The number of amides is 1. The highest BCUT2D eigenvalue weighted by Crippen LogP contribution is 2.33. The second-order valence-corrected chi connectivity index (χ2v) is 5.05. The second kappa shape index (κ2) is 4.93. The lowest BCUT2D eigenvalue weighted by molar-refractivity contribution is -0.114. The first-order valence-electron chi connectivity index (χ1n) is 6.07. The van der Waals surface area contributed by atoms with Crippen LogP contribution in [0.15, 0.2) is 36.4 Å². The smallest absolute Gasteiger partial charge is 0.299 e. The zero-order chi connectivity index (χ0) is 15.1. The molecule has 1 heterocycles. The second-order valence-electron chi connectivity index (χ2n) is 4.62. The number of rotatable bonds is 2. The molecule has 1 amide bonds. The van der Waals surface area contributed by atoms with Crippen molar-refractivity contribution in [3.8, 4) is 0 Å². The molecule has 2 aromatic carbocycles. The molecular weight excluding hydrogens is 300 g/mol. The first-order chi connectivity index (χ1) is 9.97. The van der Waals surface area contributed by atoms with Crippen molar-refractivity contribution in [3.63, 3.8) is 0 Å². The largest absolute Gasteiger partial charge is 0.300 e. The average molecular weight is 308 g/mol. The van der Waals surface area contributed by atoms with Crippen molar-refractivity contribution in [1.29, 1.82) is 0 Å². The van der Waals surface area contributed by atoms with Crippen molar-refractivity contribution in [2.45, 2.75) is 6.54 Å². The van der Waals surface area contributed by atoms with Gasteiger partial charge in [-0.3, -0.25) is 9.59 Å². The predicted octanol–water partition coefficient (Wildman–Crippen LogP) is 3.35. The van der Waals surface area contributed by atoms with Crippen molar-refractivity contribution in [3.05, 3.63) is 64.2 Å². The van der Waals surface area contributed by atoms with Gasteiger partial charge in [0, 0.05) is 16.7 Å². The lowest BCUT2D eigenvalue weighted by Gasteiger charge is -2.17. The van der Waals surface area contributed by atoms with Crippen LogP contribution in [0.1, 0.15) is 15.9 Å². The van der Waals surface area contributed by atoms with Gasteiger partial charge in [-0.25, -0.2) is 8.78 Å². The van der Waals surface area contributed by atoms with E-state index in [1.807, 2.05) is 0 Å². The Morgan fingerprint density at radius 1 is 1.05 bits per heavy atom. The molecule has 0 aromatic heterocycles. The van der Waals surface area contributed by atoms with E-state index in [0.29, 0.717) is 10.7 Å². The molecule has 0 bridgehead atoms. The standard InChI is InChI=1S/C15H8ClF2NO2/c16-9-2-4-11-13(5-9)19(15(21)14(11)20)7-8-1-3-10(17)6-12(8)18/h1-6H,7H2. The van der Waals surface area contributed by atoms with Gasteiger partial charge < -0.3 is 4.90 Å². The number of benzene rings is 2. The van der Waals surface area contributed by atoms with Crippen LogP contribution in [0, 0.1) is 11.6 Å². The third-order valence-electron chi connectivity index (χ3n) is 3.28. The maximum absolute atomic E-state index is 13.7. The molecule has 1 aliphatic rings.